The predicted octanol–water partition coefficient (Wildman–Crippen LogP) is 2.95. The van der Waals surface area contributed by atoms with Crippen LogP contribution in [0.5, 0.6) is 0 Å². The molecular formula is C20H32N2O2. The highest BCUT2D eigenvalue weighted by molar-refractivity contribution is 5.47. The van der Waals surface area contributed by atoms with Crippen molar-refractivity contribution in [1.82, 2.24) is 5.32 Å². The number of anilines is 1. The Morgan fingerprint density at radius 3 is 2.42 bits per heavy atom. The van der Waals surface area contributed by atoms with Crippen LogP contribution in [0.3, 0.4) is 0 Å². The highest BCUT2D eigenvalue weighted by Gasteiger charge is 2.30. The van der Waals surface area contributed by atoms with E-state index in [1.165, 1.54) is 43.4 Å². The summed E-state index contributed by atoms with van der Waals surface area (Å²) in [6.07, 6.45) is 7.45. The van der Waals surface area contributed by atoms with E-state index in [2.05, 4.69) is 34.5 Å². The van der Waals surface area contributed by atoms with Gasteiger partial charge in [-0.05, 0) is 42.4 Å². The molecule has 1 aliphatic heterocycles. The van der Waals surface area contributed by atoms with E-state index in [4.69, 9.17) is 4.74 Å². The van der Waals surface area contributed by atoms with E-state index in [-0.39, 0.29) is 0 Å². The first kappa shape index (κ1) is 17.7. The predicted molar refractivity (Wildman–Crippen MR) is 98.4 cm³/mol. The molecule has 0 amide bonds. The molecule has 0 spiro atoms. The smallest absolute Gasteiger partial charge is 0.0642 e. The lowest BCUT2D eigenvalue weighted by Crippen LogP contribution is -2.37. The molecule has 1 aromatic carbocycles. The van der Waals surface area contributed by atoms with Crippen LogP contribution in [0.4, 0.5) is 5.69 Å². The summed E-state index contributed by atoms with van der Waals surface area (Å²) in [6.45, 7) is 5.89. The lowest BCUT2D eigenvalue weighted by Gasteiger charge is -2.37. The topological polar surface area (TPSA) is 44.7 Å². The third kappa shape index (κ3) is 4.71. The Balaban J connectivity index is 1.49. The lowest BCUT2D eigenvalue weighted by molar-refractivity contribution is 0.122. The molecule has 0 atom stereocenters. The standard InChI is InChI=1S/C20H32N2O2/c23-13-10-20(8-2-1-3-9-20)17-21-16-18-4-6-19(7-5-18)22-11-14-24-15-12-22/h4-7,21,23H,1-3,8-17H2. The molecule has 1 aliphatic carbocycles. The highest BCUT2D eigenvalue weighted by atomic mass is 16.5. The number of morpholine rings is 1. The van der Waals surface area contributed by atoms with Crippen molar-refractivity contribution in [3.8, 4) is 0 Å². The number of aliphatic hydroxyl groups excluding tert-OH is 1. The molecule has 4 heteroatoms. The molecule has 24 heavy (non-hydrogen) atoms. The zero-order valence-corrected chi connectivity index (χ0v) is 14.8. The Kier molecular flexibility index (Phi) is 6.52. The normalized spacial score (nSPS) is 21.0. The maximum absolute atomic E-state index is 9.41. The van der Waals surface area contributed by atoms with Crippen molar-refractivity contribution in [3.63, 3.8) is 0 Å². The Morgan fingerprint density at radius 2 is 1.75 bits per heavy atom. The van der Waals surface area contributed by atoms with E-state index in [9.17, 15) is 5.11 Å². The van der Waals surface area contributed by atoms with Gasteiger partial charge in [0.25, 0.3) is 0 Å². The van der Waals surface area contributed by atoms with Crippen LogP contribution in [0.25, 0.3) is 0 Å². The summed E-state index contributed by atoms with van der Waals surface area (Å²) in [5.74, 6) is 0. The van der Waals surface area contributed by atoms with Crippen molar-refractivity contribution in [2.45, 2.75) is 45.1 Å². The van der Waals surface area contributed by atoms with Gasteiger partial charge in [0.05, 0.1) is 13.2 Å². The maximum Gasteiger partial charge on any atom is 0.0642 e. The average molecular weight is 332 g/mol. The molecular weight excluding hydrogens is 300 g/mol. The van der Waals surface area contributed by atoms with Gasteiger partial charge in [-0.15, -0.1) is 0 Å². The second-order valence-corrected chi connectivity index (χ2v) is 7.40. The molecule has 1 heterocycles. The molecule has 1 saturated carbocycles. The average Bonchev–Trinajstić information content (AvgIpc) is 2.64. The molecule has 3 rings (SSSR count). The summed E-state index contributed by atoms with van der Waals surface area (Å²) < 4.78 is 5.42. The van der Waals surface area contributed by atoms with E-state index in [0.29, 0.717) is 12.0 Å². The molecule has 1 aromatic rings. The fourth-order valence-electron chi connectivity index (χ4n) is 4.17. The fraction of sp³-hybridized carbons (Fsp3) is 0.700. The molecule has 2 fully saturated rings. The van der Waals surface area contributed by atoms with Crippen molar-refractivity contribution in [1.29, 1.82) is 0 Å². The maximum atomic E-state index is 9.41. The Hall–Kier alpha value is -1.10. The Bertz CT molecular complexity index is 471. The minimum Gasteiger partial charge on any atom is -0.396 e. The summed E-state index contributed by atoms with van der Waals surface area (Å²) in [4.78, 5) is 2.39. The number of hydrogen-bond donors (Lipinski definition) is 2. The van der Waals surface area contributed by atoms with Crippen LogP contribution in [0.1, 0.15) is 44.1 Å². The third-order valence-electron chi connectivity index (χ3n) is 5.70. The molecule has 2 aliphatic rings. The van der Waals surface area contributed by atoms with Crippen molar-refractivity contribution in [3.05, 3.63) is 29.8 Å². The largest absolute Gasteiger partial charge is 0.396 e. The van der Waals surface area contributed by atoms with Gasteiger partial charge in [0.1, 0.15) is 0 Å². The molecule has 0 radical (unpaired) electrons. The summed E-state index contributed by atoms with van der Waals surface area (Å²) in [5.41, 5.74) is 2.95. The second kappa shape index (κ2) is 8.84. The van der Waals surface area contributed by atoms with E-state index in [0.717, 1.165) is 45.8 Å². The SMILES string of the molecule is OCCC1(CNCc2ccc(N3CCOCC3)cc2)CCCCC1. The van der Waals surface area contributed by atoms with Gasteiger partial charge in [0.2, 0.25) is 0 Å². The summed E-state index contributed by atoms with van der Waals surface area (Å²) >= 11 is 0. The molecule has 0 aromatic heterocycles. The van der Waals surface area contributed by atoms with Crippen LogP contribution >= 0.6 is 0 Å². The molecule has 0 unspecified atom stereocenters. The van der Waals surface area contributed by atoms with Gasteiger partial charge in [0, 0.05) is 38.5 Å². The Morgan fingerprint density at radius 1 is 1.04 bits per heavy atom. The van der Waals surface area contributed by atoms with Gasteiger partial charge >= 0.3 is 0 Å². The number of nitrogens with zero attached hydrogens (tertiary/aromatic N) is 1. The highest BCUT2D eigenvalue weighted by Crippen LogP contribution is 2.38. The first-order valence-electron chi connectivity index (χ1n) is 9.55. The van der Waals surface area contributed by atoms with Crippen LogP contribution < -0.4 is 10.2 Å². The van der Waals surface area contributed by atoms with Crippen molar-refractivity contribution >= 4 is 5.69 Å². The zero-order chi connectivity index (χ0) is 16.7. The zero-order valence-electron chi connectivity index (χ0n) is 14.8. The number of nitrogens with one attached hydrogen (secondary N) is 1. The monoisotopic (exact) mass is 332 g/mol. The van der Waals surface area contributed by atoms with Gasteiger partial charge in [-0.2, -0.15) is 0 Å². The van der Waals surface area contributed by atoms with Gasteiger partial charge in [-0.25, -0.2) is 0 Å². The Labute approximate surface area is 146 Å². The van der Waals surface area contributed by atoms with Crippen molar-refractivity contribution < 1.29 is 9.84 Å². The van der Waals surface area contributed by atoms with Crippen LogP contribution in [0.15, 0.2) is 24.3 Å². The number of ether oxygens (including phenoxy) is 1. The van der Waals surface area contributed by atoms with Crippen molar-refractivity contribution in [2.24, 2.45) is 5.41 Å². The first-order chi connectivity index (χ1) is 11.8. The fourth-order valence-corrected chi connectivity index (χ4v) is 4.17. The lowest BCUT2D eigenvalue weighted by atomic mass is 9.72. The van der Waals surface area contributed by atoms with Crippen LogP contribution in [0, 0.1) is 5.41 Å². The number of benzene rings is 1. The number of rotatable bonds is 7. The second-order valence-electron chi connectivity index (χ2n) is 7.40. The van der Waals surface area contributed by atoms with Gasteiger partial charge < -0.3 is 20.1 Å². The van der Waals surface area contributed by atoms with Gasteiger partial charge in [-0.3, -0.25) is 0 Å². The third-order valence-corrected chi connectivity index (χ3v) is 5.70. The first-order valence-corrected chi connectivity index (χ1v) is 9.55. The quantitative estimate of drug-likeness (QED) is 0.806. The van der Waals surface area contributed by atoms with Crippen LogP contribution in [-0.4, -0.2) is 44.6 Å². The molecule has 0 bridgehead atoms. The number of aliphatic hydroxyl groups is 1. The van der Waals surface area contributed by atoms with E-state index < -0.39 is 0 Å². The summed E-state index contributed by atoms with van der Waals surface area (Å²) in [5, 5.41) is 13.1. The molecule has 134 valence electrons. The van der Waals surface area contributed by atoms with Crippen molar-refractivity contribution in [2.75, 3.05) is 44.4 Å². The van der Waals surface area contributed by atoms with Gasteiger partial charge in [0.15, 0.2) is 0 Å². The molecule has 2 N–H and O–H groups in total. The van der Waals surface area contributed by atoms with E-state index in [1.807, 2.05) is 0 Å². The summed E-state index contributed by atoms with van der Waals surface area (Å²) in [6, 6.07) is 8.92. The van der Waals surface area contributed by atoms with Gasteiger partial charge in [-0.1, -0.05) is 31.4 Å². The molecule has 4 nitrogen and oxygen atoms in total. The van der Waals surface area contributed by atoms with E-state index >= 15 is 0 Å². The minimum absolute atomic E-state index is 0.315. The minimum atomic E-state index is 0.315. The van der Waals surface area contributed by atoms with Crippen LogP contribution in [-0.2, 0) is 11.3 Å². The molecule has 1 saturated heterocycles. The number of hydrogen-bond acceptors (Lipinski definition) is 4. The van der Waals surface area contributed by atoms with Crippen LogP contribution in [0.2, 0.25) is 0 Å². The summed E-state index contributed by atoms with van der Waals surface area (Å²) in [7, 11) is 0. The van der Waals surface area contributed by atoms with E-state index in [1.54, 1.807) is 0 Å².